The normalized spacial score (nSPS) is 11.2. The van der Waals surface area contributed by atoms with Crippen LogP contribution >= 0.6 is 11.6 Å². The molecule has 0 atom stereocenters. The molecule has 4 aromatic rings. The van der Waals surface area contributed by atoms with Crippen LogP contribution < -0.4 is 5.56 Å². The smallest absolute Gasteiger partial charge is 0.282 e. The second-order valence-electron chi connectivity index (χ2n) is 5.82. The number of hydrogen-bond acceptors (Lipinski definition) is 3. The summed E-state index contributed by atoms with van der Waals surface area (Å²) >= 11 is 5.99. The third-order valence-corrected chi connectivity index (χ3v) is 4.60. The molecular formula is C19H15ClN4O. The van der Waals surface area contributed by atoms with Gasteiger partial charge in [0.1, 0.15) is 0 Å². The lowest BCUT2D eigenvalue weighted by Gasteiger charge is -2.09. The van der Waals surface area contributed by atoms with Gasteiger partial charge in [-0.2, -0.15) is 9.78 Å². The van der Waals surface area contributed by atoms with Gasteiger partial charge in [-0.25, -0.2) is 4.98 Å². The quantitative estimate of drug-likeness (QED) is 0.552. The Morgan fingerprint density at radius 1 is 1.00 bits per heavy atom. The second kappa shape index (κ2) is 5.86. The molecule has 0 N–H and O–H groups in total. The van der Waals surface area contributed by atoms with Crippen molar-refractivity contribution in [1.82, 2.24) is 19.3 Å². The minimum Gasteiger partial charge on any atom is -0.317 e. The highest BCUT2D eigenvalue weighted by atomic mass is 35.5. The first-order chi connectivity index (χ1) is 12.1. The van der Waals surface area contributed by atoms with E-state index in [1.54, 1.807) is 24.5 Å². The fourth-order valence-corrected chi connectivity index (χ4v) is 3.31. The molecule has 0 unspecified atom stereocenters. The lowest BCUT2D eigenvalue weighted by molar-refractivity contribution is 0.794. The summed E-state index contributed by atoms with van der Waals surface area (Å²) in [6.07, 6.45) is 3.37. The van der Waals surface area contributed by atoms with E-state index >= 15 is 0 Å². The zero-order chi connectivity index (χ0) is 17.6. The lowest BCUT2D eigenvalue weighted by atomic mass is 10.2. The van der Waals surface area contributed by atoms with Gasteiger partial charge >= 0.3 is 0 Å². The van der Waals surface area contributed by atoms with Crippen LogP contribution in [0.15, 0.2) is 59.7 Å². The van der Waals surface area contributed by atoms with Crippen LogP contribution in [0.25, 0.3) is 22.3 Å². The minimum absolute atomic E-state index is 0.176. The van der Waals surface area contributed by atoms with Gasteiger partial charge in [0.05, 0.1) is 11.6 Å². The molecule has 0 amide bonds. The van der Waals surface area contributed by atoms with Crippen molar-refractivity contribution >= 4 is 22.4 Å². The van der Waals surface area contributed by atoms with Crippen LogP contribution in [0.5, 0.6) is 0 Å². The summed E-state index contributed by atoms with van der Waals surface area (Å²) in [7, 11) is 0. The van der Waals surface area contributed by atoms with Gasteiger partial charge in [0.25, 0.3) is 5.56 Å². The molecule has 4 rings (SSSR count). The molecule has 1 aromatic carbocycles. The molecule has 3 aromatic heterocycles. The van der Waals surface area contributed by atoms with Crippen molar-refractivity contribution in [1.29, 1.82) is 0 Å². The van der Waals surface area contributed by atoms with E-state index in [9.17, 15) is 4.79 Å². The number of fused-ring (bicyclic) bond motifs is 1. The Morgan fingerprint density at radius 3 is 2.44 bits per heavy atom. The van der Waals surface area contributed by atoms with Gasteiger partial charge in [-0.05, 0) is 50.2 Å². The predicted octanol–water partition coefficient (Wildman–Crippen LogP) is 3.84. The first kappa shape index (κ1) is 15.6. The van der Waals surface area contributed by atoms with Gasteiger partial charge in [0.15, 0.2) is 5.82 Å². The van der Waals surface area contributed by atoms with Gasteiger partial charge < -0.3 is 4.57 Å². The van der Waals surface area contributed by atoms with Crippen LogP contribution in [-0.2, 0) is 0 Å². The van der Waals surface area contributed by atoms with Crippen molar-refractivity contribution in [3.8, 4) is 11.5 Å². The summed E-state index contributed by atoms with van der Waals surface area (Å²) in [5, 5.41) is 6.47. The number of halogens is 1. The van der Waals surface area contributed by atoms with Crippen molar-refractivity contribution in [2.75, 3.05) is 0 Å². The monoisotopic (exact) mass is 350 g/mol. The molecule has 0 spiro atoms. The second-order valence-corrected chi connectivity index (χ2v) is 6.26. The number of benzene rings is 1. The van der Waals surface area contributed by atoms with Crippen LogP contribution in [0.1, 0.15) is 11.4 Å². The Hall–Kier alpha value is -2.92. The average molecular weight is 351 g/mol. The van der Waals surface area contributed by atoms with E-state index in [2.05, 4.69) is 10.1 Å². The standard InChI is InChI=1S/C19H15ClN4O/c1-12-16-11-22-24(17-5-3-4-10-21-17)19(25)18(16)13(2)23(12)15-8-6-14(20)7-9-15/h3-11H,1-2H3. The first-order valence-corrected chi connectivity index (χ1v) is 8.23. The third-order valence-electron chi connectivity index (χ3n) is 4.35. The van der Waals surface area contributed by atoms with E-state index in [4.69, 9.17) is 11.6 Å². The number of hydrogen-bond donors (Lipinski definition) is 0. The Labute approximate surface area is 149 Å². The fraction of sp³-hybridized carbons (Fsp3) is 0.105. The van der Waals surface area contributed by atoms with Gasteiger partial charge in [-0.15, -0.1) is 0 Å². The zero-order valence-corrected chi connectivity index (χ0v) is 14.5. The Balaban J connectivity index is 2.01. The summed E-state index contributed by atoms with van der Waals surface area (Å²) in [5.41, 5.74) is 2.61. The summed E-state index contributed by atoms with van der Waals surface area (Å²) in [4.78, 5) is 17.2. The van der Waals surface area contributed by atoms with Gasteiger partial charge in [-0.3, -0.25) is 4.79 Å². The lowest BCUT2D eigenvalue weighted by Crippen LogP contribution is -2.21. The van der Waals surface area contributed by atoms with Gasteiger partial charge in [0.2, 0.25) is 0 Å². The molecule has 6 heteroatoms. The topological polar surface area (TPSA) is 52.7 Å². The van der Waals surface area contributed by atoms with Crippen LogP contribution in [0.2, 0.25) is 5.02 Å². The third kappa shape index (κ3) is 2.44. The van der Waals surface area contributed by atoms with Crippen molar-refractivity contribution in [3.63, 3.8) is 0 Å². The van der Waals surface area contributed by atoms with Crippen molar-refractivity contribution in [2.24, 2.45) is 0 Å². The molecule has 0 saturated carbocycles. The molecule has 0 aliphatic carbocycles. The zero-order valence-electron chi connectivity index (χ0n) is 13.8. The molecule has 0 radical (unpaired) electrons. The Kier molecular flexibility index (Phi) is 3.66. The molecule has 3 heterocycles. The number of rotatable bonds is 2. The highest BCUT2D eigenvalue weighted by molar-refractivity contribution is 6.30. The van der Waals surface area contributed by atoms with E-state index in [1.165, 1.54) is 4.68 Å². The van der Waals surface area contributed by atoms with Gasteiger partial charge in [0, 0.05) is 33.7 Å². The number of nitrogens with zero attached hydrogens (tertiary/aromatic N) is 4. The maximum absolute atomic E-state index is 13.0. The van der Waals surface area contributed by atoms with Crippen LogP contribution in [-0.4, -0.2) is 19.3 Å². The van der Waals surface area contributed by atoms with E-state index < -0.39 is 0 Å². The maximum Gasteiger partial charge on any atom is 0.282 e. The Bertz CT molecular complexity index is 1130. The highest BCUT2D eigenvalue weighted by Gasteiger charge is 2.18. The van der Waals surface area contributed by atoms with Crippen molar-refractivity contribution in [3.05, 3.63) is 81.6 Å². The molecule has 0 aliphatic rings. The summed E-state index contributed by atoms with van der Waals surface area (Å²) in [5.74, 6) is 0.505. The molecule has 0 aliphatic heterocycles. The minimum atomic E-state index is -0.176. The molecular weight excluding hydrogens is 336 g/mol. The number of pyridine rings is 1. The molecule has 0 saturated heterocycles. The van der Waals surface area contributed by atoms with E-state index in [1.807, 2.05) is 48.7 Å². The van der Waals surface area contributed by atoms with E-state index in [0.717, 1.165) is 22.5 Å². The number of aryl methyl sites for hydroxylation is 2. The summed E-state index contributed by atoms with van der Waals surface area (Å²) < 4.78 is 3.38. The van der Waals surface area contributed by atoms with Crippen molar-refractivity contribution in [2.45, 2.75) is 13.8 Å². The van der Waals surface area contributed by atoms with E-state index in [-0.39, 0.29) is 5.56 Å². The number of aromatic nitrogens is 4. The molecule has 124 valence electrons. The largest absolute Gasteiger partial charge is 0.317 e. The van der Waals surface area contributed by atoms with Crippen LogP contribution in [0, 0.1) is 13.8 Å². The average Bonchev–Trinajstić information content (AvgIpc) is 2.88. The SMILES string of the molecule is Cc1c2cnn(-c3ccccn3)c(=O)c2c(C)n1-c1ccc(Cl)cc1. The molecule has 5 nitrogen and oxygen atoms in total. The highest BCUT2D eigenvalue weighted by Crippen LogP contribution is 2.26. The molecule has 25 heavy (non-hydrogen) atoms. The Morgan fingerprint density at radius 2 is 1.76 bits per heavy atom. The van der Waals surface area contributed by atoms with Gasteiger partial charge in [-0.1, -0.05) is 17.7 Å². The van der Waals surface area contributed by atoms with Crippen LogP contribution in [0.4, 0.5) is 0 Å². The fourth-order valence-electron chi connectivity index (χ4n) is 3.18. The molecule has 0 fully saturated rings. The predicted molar refractivity (Wildman–Crippen MR) is 98.9 cm³/mol. The maximum atomic E-state index is 13.0. The van der Waals surface area contributed by atoms with Crippen molar-refractivity contribution < 1.29 is 0 Å². The van der Waals surface area contributed by atoms with E-state index in [0.29, 0.717) is 16.2 Å². The summed E-state index contributed by atoms with van der Waals surface area (Å²) in [6.45, 7) is 3.92. The first-order valence-electron chi connectivity index (χ1n) is 7.85. The van der Waals surface area contributed by atoms with Crippen LogP contribution in [0.3, 0.4) is 0 Å². The summed E-state index contributed by atoms with van der Waals surface area (Å²) in [6, 6.07) is 12.9. The molecule has 0 bridgehead atoms.